The average Bonchev–Trinajstić information content (AvgIpc) is 2.55. The van der Waals surface area contributed by atoms with Crippen molar-refractivity contribution in [3.8, 4) is 0 Å². The smallest absolute Gasteiger partial charge is 0.321 e. The second kappa shape index (κ2) is 8.82. The van der Waals surface area contributed by atoms with Crippen LogP contribution in [0.2, 0.25) is 0 Å². The van der Waals surface area contributed by atoms with E-state index in [1.807, 2.05) is 29.2 Å². The Morgan fingerprint density at radius 3 is 3.00 bits per heavy atom. The van der Waals surface area contributed by atoms with Gasteiger partial charge >= 0.3 is 12.0 Å². The van der Waals surface area contributed by atoms with E-state index in [4.69, 9.17) is 0 Å². The first-order chi connectivity index (χ1) is 11.1. The highest BCUT2D eigenvalue weighted by Gasteiger charge is 2.20. The molecule has 1 saturated heterocycles. The number of nitrogens with one attached hydrogen (secondary N) is 1. The lowest BCUT2D eigenvalue weighted by molar-refractivity contribution is -0.137. The highest BCUT2D eigenvalue weighted by Crippen LogP contribution is 2.19. The highest BCUT2D eigenvalue weighted by molar-refractivity contribution is 7.99. The molecule has 0 spiro atoms. The number of hydrogen-bond donors (Lipinski definition) is 1. The lowest BCUT2D eigenvalue weighted by Crippen LogP contribution is -2.41. The first kappa shape index (κ1) is 17.7. The Hall–Kier alpha value is -1.69. The lowest BCUT2D eigenvalue weighted by Gasteiger charge is -2.31. The minimum atomic E-state index is -0.223. The van der Waals surface area contributed by atoms with E-state index in [9.17, 15) is 9.59 Å². The summed E-state index contributed by atoms with van der Waals surface area (Å²) in [6.07, 6.45) is 2.26. The summed E-state index contributed by atoms with van der Waals surface area (Å²) in [4.78, 5) is 25.3. The van der Waals surface area contributed by atoms with Crippen LogP contribution in [0, 0.1) is 5.92 Å². The van der Waals surface area contributed by atoms with Crippen LogP contribution in [0.5, 0.6) is 0 Å². The Kier molecular flexibility index (Phi) is 6.77. The molecule has 2 rings (SSSR count). The number of thioether (sulfide) groups is 1. The molecule has 2 amide bonds. The molecule has 1 atom stereocenters. The van der Waals surface area contributed by atoms with Crippen LogP contribution in [0.1, 0.15) is 25.3 Å². The van der Waals surface area contributed by atoms with E-state index < -0.39 is 0 Å². The summed E-state index contributed by atoms with van der Waals surface area (Å²) >= 11 is 1.50. The lowest BCUT2D eigenvalue weighted by atomic mass is 10.0. The summed E-state index contributed by atoms with van der Waals surface area (Å²) in [5.74, 6) is 1.38. The molecule has 1 fully saturated rings. The van der Waals surface area contributed by atoms with Crippen molar-refractivity contribution in [1.29, 1.82) is 0 Å². The molecule has 1 aliphatic heterocycles. The maximum atomic E-state index is 12.3. The zero-order valence-corrected chi connectivity index (χ0v) is 14.5. The van der Waals surface area contributed by atoms with Gasteiger partial charge in [-0.25, -0.2) is 4.79 Å². The van der Waals surface area contributed by atoms with Crippen LogP contribution in [0.3, 0.4) is 0 Å². The highest BCUT2D eigenvalue weighted by atomic mass is 32.2. The van der Waals surface area contributed by atoms with Gasteiger partial charge in [0.15, 0.2) is 0 Å². The molecule has 0 saturated carbocycles. The zero-order valence-electron chi connectivity index (χ0n) is 13.7. The van der Waals surface area contributed by atoms with E-state index in [0.29, 0.717) is 17.4 Å². The van der Waals surface area contributed by atoms with Crippen molar-refractivity contribution in [2.24, 2.45) is 5.92 Å². The minimum Gasteiger partial charge on any atom is -0.468 e. The number of likely N-dealkylation sites (tertiary alicyclic amines) is 1. The summed E-state index contributed by atoms with van der Waals surface area (Å²) in [7, 11) is 1.39. The van der Waals surface area contributed by atoms with Crippen molar-refractivity contribution in [3.63, 3.8) is 0 Å². The molecule has 0 aliphatic carbocycles. The number of benzene rings is 1. The maximum Gasteiger partial charge on any atom is 0.321 e. The first-order valence-corrected chi connectivity index (χ1v) is 9.03. The molecule has 0 unspecified atom stereocenters. The summed E-state index contributed by atoms with van der Waals surface area (Å²) in [5.41, 5.74) is 1.87. The van der Waals surface area contributed by atoms with Gasteiger partial charge < -0.3 is 15.0 Å². The fourth-order valence-electron chi connectivity index (χ4n) is 2.63. The Labute approximate surface area is 141 Å². The van der Waals surface area contributed by atoms with Crippen molar-refractivity contribution in [2.45, 2.75) is 25.5 Å². The molecular formula is C17H24N2O3S. The number of ether oxygens (including phenoxy) is 1. The van der Waals surface area contributed by atoms with Gasteiger partial charge in [0, 0.05) is 24.5 Å². The fourth-order valence-corrected chi connectivity index (χ4v) is 3.43. The van der Waals surface area contributed by atoms with Crippen LogP contribution in [0.15, 0.2) is 24.3 Å². The quantitative estimate of drug-likeness (QED) is 0.838. The number of amides is 2. The van der Waals surface area contributed by atoms with Crippen LogP contribution in [0.4, 0.5) is 10.5 Å². The predicted octanol–water partition coefficient (Wildman–Crippen LogP) is 3.36. The summed E-state index contributed by atoms with van der Waals surface area (Å²) in [6, 6.07) is 7.72. The number of carbonyl (C=O) groups excluding carboxylic acids is 2. The standard InChI is InChI=1S/C17H24N2O3S/c1-13-5-4-8-19(10-13)17(21)18-15-7-3-6-14(9-15)11-23-12-16(20)22-2/h3,6-7,9,13H,4-5,8,10-12H2,1-2H3,(H,18,21)/t13-/m0/s1. The number of nitrogens with zero attached hydrogens (tertiary/aromatic N) is 1. The third kappa shape index (κ3) is 5.78. The molecule has 126 valence electrons. The second-order valence-corrected chi connectivity index (χ2v) is 6.88. The van der Waals surface area contributed by atoms with Gasteiger partial charge in [0.05, 0.1) is 12.9 Å². The number of anilines is 1. The van der Waals surface area contributed by atoms with Gasteiger partial charge in [-0.3, -0.25) is 4.79 Å². The molecule has 5 nitrogen and oxygen atoms in total. The molecule has 1 aromatic carbocycles. The fraction of sp³-hybridized carbons (Fsp3) is 0.529. The van der Waals surface area contributed by atoms with Gasteiger partial charge in [0.1, 0.15) is 0 Å². The summed E-state index contributed by atoms with van der Waals surface area (Å²) in [5, 5.41) is 2.97. The largest absolute Gasteiger partial charge is 0.468 e. The minimum absolute atomic E-state index is 0.0316. The van der Waals surface area contributed by atoms with Crippen LogP contribution in [-0.4, -0.2) is 42.9 Å². The first-order valence-electron chi connectivity index (χ1n) is 7.88. The number of urea groups is 1. The molecule has 1 heterocycles. The summed E-state index contributed by atoms with van der Waals surface area (Å²) < 4.78 is 4.62. The Morgan fingerprint density at radius 1 is 1.43 bits per heavy atom. The van der Waals surface area contributed by atoms with Gasteiger partial charge in [0.2, 0.25) is 0 Å². The van der Waals surface area contributed by atoms with Crippen molar-refractivity contribution < 1.29 is 14.3 Å². The Balaban J connectivity index is 1.86. The summed E-state index contributed by atoms with van der Waals surface area (Å²) in [6.45, 7) is 3.82. The molecule has 1 aliphatic rings. The molecule has 1 aromatic rings. The zero-order chi connectivity index (χ0) is 16.7. The van der Waals surface area contributed by atoms with Crippen molar-refractivity contribution >= 4 is 29.4 Å². The van der Waals surface area contributed by atoms with Crippen LogP contribution in [0.25, 0.3) is 0 Å². The predicted molar refractivity (Wildman–Crippen MR) is 93.6 cm³/mol. The normalized spacial score (nSPS) is 17.7. The van der Waals surface area contributed by atoms with Crippen molar-refractivity contribution in [3.05, 3.63) is 29.8 Å². The number of methoxy groups -OCH3 is 1. The average molecular weight is 336 g/mol. The third-order valence-corrected chi connectivity index (χ3v) is 4.82. The van der Waals surface area contributed by atoms with E-state index in [-0.39, 0.29) is 12.0 Å². The van der Waals surface area contributed by atoms with Gasteiger partial charge in [-0.1, -0.05) is 19.1 Å². The number of rotatable bonds is 5. The number of piperidine rings is 1. The van der Waals surface area contributed by atoms with E-state index in [1.54, 1.807) is 0 Å². The molecule has 0 radical (unpaired) electrons. The van der Waals surface area contributed by atoms with E-state index in [2.05, 4.69) is 17.0 Å². The van der Waals surface area contributed by atoms with Gasteiger partial charge in [-0.05, 0) is 36.5 Å². The monoisotopic (exact) mass is 336 g/mol. The van der Waals surface area contributed by atoms with Gasteiger partial charge in [-0.2, -0.15) is 0 Å². The molecule has 23 heavy (non-hydrogen) atoms. The topological polar surface area (TPSA) is 58.6 Å². The van der Waals surface area contributed by atoms with Crippen molar-refractivity contribution in [2.75, 3.05) is 31.3 Å². The van der Waals surface area contributed by atoms with Crippen molar-refractivity contribution in [1.82, 2.24) is 4.90 Å². The molecule has 0 aromatic heterocycles. The molecule has 1 N–H and O–H groups in total. The van der Waals surface area contributed by atoms with Gasteiger partial charge in [-0.15, -0.1) is 11.8 Å². The third-order valence-electron chi connectivity index (χ3n) is 3.84. The SMILES string of the molecule is COC(=O)CSCc1cccc(NC(=O)N2CCC[C@H](C)C2)c1. The van der Waals surface area contributed by atoms with Gasteiger partial charge in [0.25, 0.3) is 0 Å². The Morgan fingerprint density at radius 2 is 2.26 bits per heavy atom. The number of hydrogen-bond acceptors (Lipinski definition) is 4. The number of esters is 1. The van der Waals surface area contributed by atoms with Crippen LogP contribution < -0.4 is 5.32 Å². The maximum absolute atomic E-state index is 12.3. The van der Waals surface area contributed by atoms with E-state index in [1.165, 1.54) is 25.3 Å². The number of carbonyl (C=O) groups is 2. The van der Waals surface area contributed by atoms with Crippen LogP contribution in [-0.2, 0) is 15.3 Å². The second-order valence-electron chi connectivity index (χ2n) is 5.89. The van der Waals surface area contributed by atoms with E-state index in [0.717, 1.165) is 30.8 Å². The molecule has 0 bridgehead atoms. The molecular weight excluding hydrogens is 312 g/mol. The van der Waals surface area contributed by atoms with E-state index >= 15 is 0 Å². The molecule has 6 heteroatoms. The van der Waals surface area contributed by atoms with Crippen LogP contribution >= 0.6 is 11.8 Å². The Bertz CT molecular complexity index is 550.